The molecule has 94 valence electrons. The summed E-state index contributed by atoms with van der Waals surface area (Å²) in [7, 11) is 0. The lowest BCUT2D eigenvalue weighted by atomic mass is 10.1. The van der Waals surface area contributed by atoms with Crippen LogP contribution in [0, 0.1) is 6.92 Å². The van der Waals surface area contributed by atoms with Crippen molar-refractivity contribution in [2.24, 2.45) is 0 Å². The number of H-pyrrole nitrogens is 2. The van der Waals surface area contributed by atoms with E-state index in [2.05, 4.69) is 19.9 Å². The highest BCUT2D eigenvalue weighted by Crippen LogP contribution is 2.24. The summed E-state index contributed by atoms with van der Waals surface area (Å²) < 4.78 is 0. The van der Waals surface area contributed by atoms with E-state index in [0.29, 0.717) is 24.2 Å². The molecule has 0 aromatic carbocycles. The summed E-state index contributed by atoms with van der Waals surface area (Å²) in [6.07, 6.45) is 0.625. The van der Waals surface area contributed by atoms with Crippen molar-refractivity contribution in [2.75, 3.05) is 11.4 Å². The average Bonchev–Trinajstić information content (AvgIpc) is 2.75. The number of thiazole rings is 1. The Morgan fingerprint density at radius 1 is 1.39 bits per heavy atom. The van der Waals surface area contributed by atoms with Crippen molar-refractivity contribution in [3.05, 3.63) is 43.2 Å². The van der Waals surface area contributed by atoms with Crippen LogP contribution in [0.2, 0.25) is 0 Å². The van der Waals surface area contributed by atoms with Gasteiger partial charge in [-0.2, -0.15) is 0 Å². The number of anilines is 1. The molecule has 2 N–H and O–H groups in total. The summed E-state index contributed by atoms with van der Waals surface area (Å²) >= 11 is 1.58. The number of hydrogen-bond acceptors (Lipinski definition) is 5. The second-order valence-electron chi connectivity index (χ2n) is 4.31. The molecule has 0 radical (unpaired) electrons. The first-order valence-electron chi connectivity index (χ1n) is 5.65. The van der Waals surface area contributed by atoms with Crippen LogP contribution >= 0.6 is 11.3 Å². The Morgan fingerprint density at radius 3 is 2.94 bits per heavy atom. The Hall–Kier alpha value is -1.89. The zero-order valence-electron chi connectivity index (χ0n) is 9.82. The van der Waals surface area contributed by atoms with Crippen LogP contribution in [-0.2, 0) is 13.0 Å². The van der Waals surface area contributed by atoms with Crippen LogP contribution in [0.3, 0.4) is 0 Å². The maximum absolute atomic E-state index is 11.6. The minimum atomic E-state index is -0.448. The lowest BCUT2D eigenvalue weighted by molar-refractivity contribution is 0.687. The molecule has 1 aliphatic heterocycles. The standard InChI is InChI=1S/C11H12N4O2S/c1-6-5-18-11(12-6)15-3-2-7-8(4-15)13-10(17)14-9(7)16/h5H,2-4H2,1H3,(H2,13,14,16,17). The third-order valence-corrected chi connectivity index (χ3v) is 4.01. The van der Waals surface area contributed by atoms with Gasteiger partial charge in [0.05, 0.1) is 12.2 Å². The molecule has 6 nitrogen and oxygen atoms in total. The first-order valence-corrected chi connectivity index (χ1v) is 6.53. The summed E-state index contributed by atoms with van der Waals surface area (Å²) in [5, 5.41) is 2.92. The molecule has 2 aromatic rings. The number of nitrogens with zero attached hydrogens (tertiary/aromatic N) is 2. The molecule has 3 rings (SSSR count). The fraction of sp³-hybridized carbons (Fsp3) is 0.364. The van der Waals surface area contributed by atoms with Crippen LogP contribution in [0.15, 0.2) is 15.0 Å². The van der Waals surface area contributed by atoms with E-state index in [4.69, 9.17) is 0 Å². The van der Waals surface area contributed by atoms with E-state index in [0.717, 1.165) is 17.4 Å². The molecule has 0 atom stereocenters. The van der Waals surface area contributed by atoms with Gasteiger partial charge in [0, 0.05) is 23.2 Å². The molecule has 2 aromatic heterocycles. The van der Waals surface area contributed by atoms with Gasteiger partial charge in [-0.25, -0.2) is 9.78 Å². The van der Waals surface area contributed by atoms with E-state index < -0.39 is 5.69 Å². The summed E-state index contributed by atoms with van der Waals surface area (Å²) in [6, 6.07) is 0. The van der Waals surface area contributed by atoms with E-state index in [-0.39, 0.29) is 5.56 Å². The SMILES string of the molecule is Cc1csc(N2CCc3c([nH]c(=O)[nH]c3=O)C2)n1. The zero-order valence-corrected chi connectivity index (χ0v) is 10.6. The Kier molecular flexibility index (Phi) is 2.55. The first kappa shape index (κ1) is 11.2. The minimum Gasteiger partial charge on any atom is -0.342 e. The highest BCUT2D eigenvalue weighted by atomic mass is 32.1. The van der Waals surface area contributed by atoms with Crippen LogP contribution in [-0.4, -0.2) is 21.5 Å². The van der Waals surface area contributed by atoms with Gasteiger partial charge in [-0.05, 0) is 13.3 Å². The number of nitrogens with one attached hydrogen (secondary N) is 2. The molecule has 0 spiro atoms. The van der Waals surface area contributed by atoms with Crippen molar-refractivity contribution in [1.82, 2.24) is 15.0 Å². The summed E-state index contributed by atoms with van der Waals surface area (Å²) in [6.45, 7) is 3.22. The van der Waals surface area contributed by atoms with Crippen molar-refractivity contribution in [1.29, 1.82) is 0 Å². The highest BCUT2D eigenvalue weighted by molar-refractivity contribution is 7.13. The Balaban J connectivity index is 1.98. The Labute approximate surface area is 106 Å². The van der Waals surface area contributed by atoms with Gasteiger partial charge < -0.3 is 9.88 Å². The monoisotopic (exact) mass is 264 g/mol. The maximum Gasteiger partial charge on any atom is 0.325 e. The molecule has 0 aliphatic carbocycles. The maximum atomic E-state index is 11.6. The molecular weight excluding hydrogens is 252 g/mol. The van der Waals surface area contributed by atoms with E-state index in [1.165, 1.54) is 0 Å². The molecular formula is C11H12N4O2S. The second-order valence-corrected chi connectivity index (χ2v) is 5.14. The summed E-state index contributed by atoms with van der Waals surface area (Å²) in [5.41, 5.74) is 1.64. The number of aromatic nitrogens is 3. The van der Waals surface area contributed by atoms with Crippen LogP contribution in [0.25, 0.3) is 0 Å². The smallest absolute Gasteiger partial charge is 0.325 e. The van der Waals surface area contributed by atoms with Gasteiger partial charge in [0.2, 0.25) is 0 Å². The van der Waals surface area contributed by atoms with Gasteiger partial charge in [-0.15, -0.1) is 11.3 Å². The third kappa shape index (κ3) is 1.86. The number of aryl methyl sites for hydroxylation is 1. The number of rotatable bonds is 1. The van der Waals surface area contributed by atoms with E-state index >= 15 is 0 Å². The molecule has 0 unspecified atom stereocenters. The molecule has 7 heteroatoms. The van der Waals surface area contributed by atoms with Crippen molar-refractivity contribution in [3.8, 4) is 0 Å². The molecule has 18 heavy (non-hydrogen) atoms. The average molecular weight is 264 g/mol. The lowest BCUT2D eigenvalue weighted by Crippen LogP contribution is -2.38. The lowest BCUT2D eigenvalue weighted by Gasteiger charge is -2.27. The quantitative estimate of drug-likeness (QED) is 0.780. The van der Waals surface area contributed by atoms with Crippen LogP contribution < -0.4 is 16.1 Å². The zero-order chi connectivity index (χ0) is 12.7. The van der Waals surface area contributed by atoms with Gasteiger partial charge in [-0.3, -0.25) is 9.78 Å². The fourth-order valence-corrected chi connectivity index (χ4v) is 2.96. The second kappa shape index (κ2) is 4.09. The van der Waals surface area contributed by atoms with Crippen molar-refractivity contribution in [2.45, 2.75) is 19.9 Å². The predicted octanol–water partition coefficient (Wildman–Crippen LogP) is 0.391. The van der Waals surface area contributed by atoms with Crippen LogP contribution in [0.5, 0.6) is 0 Å². The Bertz CT molecular complexity index is 700. The van der Waals surface area contributed by atoms with Crippen LogP contribution in [0.1, 0.15) is 17.0 Å². The normalized spacial score (nSPS) is 14.6. The third-order valence-electron chi connectivity index (χ3n) is 2.99. The van der Waals surface area contributed by atoms with Gasteiger partial charge in [0.25, 0.3) is 5.56 Å². The van der Waals surface area contributed by atoms with Crippen molar-refractivity contribution >= 4 is 16.5 Å². The molecule has 3 heterocycles. The minimum absolute atomic E-state index is 0.274. The number of hydrogen-bond donors (Lipinski definition) is 2. The van der Waals surface area contributed by atoms with E-state index in [1.807, 2.05) is 12.3 Å². The van der Waals surface area contributed by atoms with Gasteiger partial charge >= 0.3 is 5.69 Å². The van der Waals surface area contributed by atoms with E-state index in [1.54, 1.807) is 11.3 Å². The van der Waals surface area contributed by atoms with E-state index in [9.17, 15) is 9.59 Å². The summed E-state index contributed by atoms with van der Waals surface area (Å²) in [4.78, 5) is 34.3. The highest BCUT2D eigenvalue weighted by Gasteiger charge is 2.21. The topological polar surface area (TPSA) is 81.9 Å². The van der Waals surface area contributed by atoms with Crippen LogP contribution in [0.4, 0.5) is 5.13 Å². The molecule has 1 aliphatic rings. The summed E-state index contributed by atoms with van der Waals surface area (Å²) in [5.74, 6) is 0. The molecule has 0 saturated heterocycles. The Morgan fingerprint density at radius 2 is 2.22 bits per heavy atom. The molecule has 0 bridgehead atoms. The molecule has 0 saturated carbocycles. The number of fused-ring (bicyclic) bond motifs is 1. The molecule has 0 amide bonds. The van der Waals surface area contributed by atoms with Crippen molar-refractivity contribution < 1.29 is 0 Å². The van der Waals surface area contributed by atoms with Gasteiger partial charge in [-0.1, -0.05) is 0 Å². The van der Waals surface area contributed by atoms with Crippen molar-refractivity contribution in [3.63, 3.8) is 0 Å². The predicted molar refractivity (Wildman–Crippen MR) is 69.3 cm³/mol. The fourth-order valence-electron chi connectivity index (χ4n) is 2.13. The number of aromatic amines is 2. The largest absolute Gasteiger partial charge is 0.342 e. The van der Waals surface area contributed by atoms with Gasteiger partial charge in [0.15, 0.2) is 5.13 Å². The molecule has 0 fully saturated rings. The first-order chi connectivity index (χ1) is 8.63. The van der Waals surface area contributed by atoms with Gasteiger partial charge in [0.1, 0.15) is 0 Å².